The lowest BCUT2D eigenvalue weighted by atomic mass is 10.1. The summed E-state index contributed by atoms with van der Waals surface area (Å²) in [6.45, 7) is 8.80. The van der Waals surface area contributed by atoms with Crippen LogP contribution in [0.25, 0.3) is 0 Å². The number of carbonyl (C=O) groups excluding carboxylic acids is 1. The van der Waals surface area contributed by atoms with Crippen molar-refractivity contribution in [2.45, 2.75) is 84.5 Å². The Bertz CT molecular complexity index is 244. The van der Waals surface area contributed by atoms with E-state index in [2.05, 4.69) is 67.7 Å². The normalized spacial score (nSPS) is 9.58. The van der Waals surface area contributed by atoms with Gasteiger partial charge < -0.3 is 10.6 Å². The molecule has 0 aromatic rings. The van der Waals surface area contributed by atoms with Crippen molar-refractivity contribution in [3.05, 3.63) is 12.7 Å². The number of unbranched alkanes of at least 4 members (excludes halogenated alkanes) is 9. The molecule has 0 heterocycles. The third-order valence-electron chi connectivity index (χ3n) is 3.35. The first kappa shape index (κ1) is 28.7. The van der Waals surface area contributed by atoms with Gasteiger partial charge in [-0.25, -0.2) is 0 Å². The average Bonchev–Trinajstić information content (AvgIpc) is 2.57. The number of carbonyl (C=O) groups is 1. The molecule has 0 aliphatic rings. The van der Waals surface area contributed by atoms with E-state index < -0.39 is 5.91 Å². The van der Waals surface area contributed by atoms with Crippen LogP contribution in [0.3, 0.4) is 0 Å². The third-order valence-corrected chi connectivity index (χ3v) is 4.43. The van der Waals surface area contributed by atoms with Gasteiger partial charge in [0, 0.05) is 0 Å². The summed E-state index contributed by atoms with van der Waals surface area (Å²) in [4.78, 5) is 11.8. The van der Waals surface area contributed by atoms with E-state index in [-0.39, 0.29) is 0 Å². The van der Waals surface area contributed by atoms with E-state index in [9.17, 15) is 4.79 Å². The topological polar surface area (TPSA) is 46.3 Å². The second-order valence-corrected chi connectivity index (χ2v) is 7.36. The smallest absolute Gasteiger partial charge is 0.240 e. The number of rotatable bonds is 13. The number of hydrogen-bond acceptors (Lipinski definition) is 2. The summed E-state index contributed by atoms with van der Waals surface area (Å²) < 4.78 is 1.29. The monoisotopic (exact) mass is 454 g/mol. The van der Waals surface area contributed by atoms with Crippen LogP contribution in [0.1, 0.15) is 84.5 Å². The van der Waals surface area contributed by atoms with Crippen molar-refractivity contribution in [1.82, 2.24) is 4.90 Å². The molecule has 0 radical (unpaired) electrons. The number of nitrogens with two attached hydrogens (primary N) is 1. The number of nitrogens with zero attached hydrogens (tertiary/aromatic N) is 1. The van der Waals surface area contributed by atoms with Crippen molar-refractivity contribution in [1.29, 1.82) is 0 Å². The van der Waals surface area contributed by atoms with E-state index >= 15 is 0 Å². The van der Waals surface area contributed by atoms with Gasteiger partial charge in [0.2, 0.25) is 5.91 Å². The first-order valence-electron chi connectivity index (χ1n) is 9.58. The van der Waals surface area contributed by atoms with E-state index in [1.807, 2.05) is 0 Å². The Kier molecular flexibility index (Phi) is 33.2. The van der Waals surface area contributed by atoms with Crippen molar-refractivity contribution in [2.24, 2.45) is 5.73 Å². The van der Waals surface area contributed by atoms with Gasteiger partial charge >= 0.3 is 0 Å². The average molecular weight is 454 g/mol. The zero-order valence-electron chi connectivity index (χ0n) is 16.8. The van der Waals surface area contributed by atoms with Crippen molar-refractivity contribution >= 4 is 28.5 Å². The highest BCUT2D eigenvalue weighted by atomic mass is 127. The van der Waals surface area contributed by atoms with E-state index in [1.165, 1.54) is 81.6 Å². The molecule has 3 nitrogen and oxygen atoms in total. The van der Waals surface area contributed by atoms with Gasteiger partial charge in [-0.3, -0.25) is 4.79 Å². The van der Waals surface area contributed by atoms with Crippen molar-refractivity contribution < 1.29 is 4.79 Å². The molecule has 0 aliphatic carbocycles. The molecular formula is C20H43IN2O. The second kappa shape index (κ2) is 27.7. The molecule has 2 N–H and O–H groups in total. The van der Waals surface area contributed by atoms with Crippen LogP contribution in [0.2, 0.25) is 0 Å². The number of amides is 1. The van der Waals surface area contributed by atoms with Crippen LogP contribution in [0.4, 0.5) is 0 Å². The lowest BCUT2D eigenvalue weighted by Crippen LogP contribution is -2.12. The lowest BCUT2D eigenvalue weighted by Gasteiger charge is -2.08. The fourth-order valence-electron chi connectivity index (χ4n) is 1.92. The molecule has 0 saturated heterocycles. The molecule has 0 atom stereocenters. The summed E-state index contributed by atoms with van der Waals surface area (Å²) in [5, 5.41) is 0. The van der Waals surface area contributed by atoms with Gasteiger partial charge in [-0.2, -0.15) is 0 Å². The Morgan fingerprint density at radius 2 is 1.25 bits per heavy atom. The summed E-state index contributed by atoms with van der Waals surface area (Å²) in [7, 11) is 4.32. The molecule has 0 aliphatic heterocycles. The molecule has 0 unspecified atom stereocenters. The van der Waals surface area contributed by atoms with Crippen LogP contribution in [-0.2, 0) is 4.79 Å². The van der Waals surface area contributed by atoms with Gasteiger partial charge in [0.15, 0.2) is 0 Å². The van der Waals surface area contributed by atoms with Crippen LogP contribution in [-0.4, -0.2) is 35.9 Å². The van der Waals surface area contributed by atoms with Crippen LogP contribution in [0.5, 0.6) is 0 Å². The van der Waals surface area contributed by atoms with Gasteiger partial charge in [-0.05, 0) is 44.0 Å². The van der Waals surface area contributed by atoms with Gasteiger partial charge in [0.05, 0.1) is 0 Å². The molecule has 4 heteroatoms. The largest absolute Gasteiger partial charge is 0.366 e. The van der Waals surface area contributed by atoms with Crippen molar-refractivity contribution in [3.8, 4) is 0 Å². The molecule has 146 valence electrons. The van der Waals surface area contributed by atoms with E-state index in [1.54, 1.807) is 0 Å². The minimum Gasteiger partial charge on any atom is -0.366 e. The lowest BCUT2D eigenvalue weighted by molar-refractivity contribution is -0.113. The van der Waals surface area contributed by atoms with Gasteiger partial charge in [-0.1, -0.05) is 101 Å². The highest BCUT2D eigenvalue weighted by Crippen LogP contribution is 2.10. The van der Waals surface area contributed by atoms with Crippen LogP contribution < -0.4 is 5.73 Å². The van der Waals surface area contributed by atoms with E-state index in [0.717, 1.165) is 6.08 Å². The van der Waals surface area contributed by atoms with E-state index in [4.69, 9.17) is 0 Å². The number of halogens is 1. The molecule has 1 amide bonds. The maximum Gasteiger partial charge on any atom is 0.240 e. The number of alkyl halides is 1. The van der Waals surface area contributed by atoms with Crippen LogP contribution in [0, 0.1) is 0 Å². The standard InChI is InChI=1S/C14H31N.C3H7I.C3H5NO/c1-4-5-6-7-8-9-10-11-12-13-14-15(2)3;1-2-3-4;1-2-3(4)5/h4-14H2,1-3H3;2-3H2,1H3;2H,1H2,(H2,4,5). The molecule has 0 rings (SSSR count). The maximum atomic E-state index is 9.47. The van der Waals surface area contributed by atoms with E-state index in [0.29, 0.717) is 0 Å². The zero-order valence-corrected chi connectivity index (χ0v) is 18.9. The highest BCUT2D eigenvalue weighted by Gasteiger charge is 1.93. The SMILES string of the molecule is C=CC(N)=O.CCCCCCCCCCCCN(C)C.CCCI. The van der Waals surface area contributed by atoms with Crippen molar-refractivity contribution in [2.75, 3.05) is 25.1 Å². The predicted octanol–water partition coefficient (Wildman–Crippen LogP) is 5.96. The Morgan fingerprint density at radius 1 is 0.917 bits per heavy atom. The fourth-order valence-corrected chi connectivity index (χ4v) is 1.92. The minimum absolute atomic E-state index is 0.481. The molecule has 0 fully saturated rings. The summed E-state index contributed by atoms with van der Waals surface area (Å²) in [5.41, 5.74) is 4.53. The first-order chi connectivity index (χ1) is 11.5. The van der Waals surface area contributed by atoms with Crippen LogP contribution >= 0.6 is 22.6 Å². The molecule has 0 bridgehead atoms. The fraction of sp³-hybridized carbons (Fsp3) is 0.850. The Morgan fingerprint density at radius 3 is 1.50 bits per heavy atom. The molecular weight excluding hydrogens is 411 g/mol. The Labute approximate surface area is 166 Å². The first-order valence-corrected chi connectivity index (χ1v) is 11.1. The molecule has 0 aromatic heterocycles. The maximum absolute atomic E-state index is 9.47. The minimum atomic E-state index is -0.481. The number of hydrogen-bond donors (Lipinski definition) is 1. The Balaban J connectivity index is -0.000000402. The summed E-state index contributed by atoms with van der Waals surface area (Å²) in [6.07, 6.45) is 16.7. The quantitative estimate of drug-likeness (QED) is 0.162. The third kappa shape index (κ3) is 43.1. The molecule has 0 saturated carbocycles. The second-order valence-electron chi connectivity index (χ2n) is 6.28. The summed E-state index contributed by atoms with van der Waals surface area (Å²) in [6, 6.07) is 0. The molecule has 0 aromatic carbocycles. The van der Waals surface area contributed by atoms with Crippen molar-refractivity contribution in [3.63, 3.8) is 0 Å². The van der Waals surface area contributed by atoms with Gasteiger partial charge in [0.25, 0.3) is 0 Å². The summed E-state index contributed by atoms with van der Waals surface area (Å²) >= 11 is 2.35. The number of primary amides is 1. The van der Waals surface area contributed by atoms with Crippen LogP contribution in [0.15, 0.2) is 12.7 Å². The zero-order chi connectivity index (χ0) is 19.1. The molecule has 0 spiro atoms. The Hall–Kier alpha value is -0.100. The highest BCUT2D eigenvalue weighted by molar-refractivity contribution is 14.1. The van der Waals surface area contributed by atoms with Gasteiger partial charge in [0.1, 0.15) is 0 Å². The summed E-state index contributed by atoms with van der Waals surface area (Å²) in [5.74, 6) is -0.481. The van der Waals surface area contributed by atoms with Gasteiger partial charge in [-0.15, -0.1) is 0 Å². The molecule has 24 heavy (non-hydrogen) atoms. The predicted molar refractivity (Wildman–Crippen MR) is 119 cm³/mol.